The molecule has 3 rings (SSSR count). The fraction of sp³-hybridized carbons (Fsp3) is 0.800. The second kappa shape index (κ2) is 5.16. The molecule has 0 aromatic carbocycles. The molecule has 1 aromatic heterocycles. The van der Waals surface area contributed by atoms with Crippen LogP contribution in [0.25, 0.3) is 0 Å². The summed E-state index contributed by atoms with van der Waals surface area (Å²) in [5.74, 6) is 0. The van der Waals surface area contributed by atoms with Gasteiger partial charge in [-0.25, -0.2) is 0 Å². The summed E-state index contributed by atoms with van der Waals surface area (Å²) < 4.78 is 1.96. The first-order valence-electron chi connectivity index (χ1n) is 7.75. The normalized spacial score (nSPS) is 22.9. The zero-order chi connectivity index (χ0) is 13.3. The van der Waals surface area contributed by atoms with Crippen molar-refractivity contribution in [2.45, 2.75) is 51.0 Å². The van der Waals surface area contributed by atoms with Crippen molar-refractivity contribution in [2.75, 3.05) is 24.5 Å². The van der Waals surface area contributed by atoms with E-state index in [-0.39, 0.29) is 0 Å². The maximum atomic E-state index is 4.59. The van der Waals surface area contributed by atoms with Gasteiger partial charge in [-0.05, 0) is 19.3 Å². The zero-order valence-electron chi connectivity index (χ0n) is 12.3. The van der Waals surface area contributed by atoms with Crippen LogP contribution in [0.3, 0.4) is 0 Å². The Hall–Kier alpha value is -1.03. The van der Waals surface area contributed by atoms with Gasteiger partial charge >= 0.3 is 0 Å². The molecular formula is C15H26N4. The number of hydrogen-bond acceptors (Lipinski definition) is 3. The lowest BCUT2D eigenvalue weighted by Gasteiger charge is -2.46. The standard InChI is InChI=1S/C15H26N4/c1-3-13-14(11-18(2)17-13)19-10-9-16-15(12-19)7-5-4-6-8-15/h11,16H,3-10,12H2,1-2H3. The zero-order valence-corrected chi connectivity index (χ0v) is 12.3. The molecule has 19 heavy (non-hydrogen) atoms. The molecule has 1 spiro atoms. The lowest BCUT2D eigenvalue weighted by Crippen LogP contribution is -2.61. The van der Waals surface area contributed by atoms with Crippen LogP contribution in [0, 0.1) is 0 Å². The molecule has 0 atom stereocenters. The smallest absolute Gasteiger partial charge is 0.0855 e. The Morgan fingerprint density at radius 2 is 2.11 bits per heavy atom. The predicted molar refractivity (Wildman–Crippen MR) is 78.6 cm³/mol. The molecule has 1 saturated heterocycles. The van der Waals surface area contributed by atoms with E-state index in [2.05, 4.69) is 28.4 Å². The van der Waals surface area contributed by atoms with Gasteiger partial charge in [0.25, 0.3) is 0 Å². The Kier molecular flexibility index (Phi) is 3.52. The number of piperazine rings is 1. The molecule has 0 unspecified atom stereocenters. The highest BCUT2D eigenvalue weighted by molar-refractivity contribution is 5.50. The Labute approximate surface area is 116 Å². The molecule has 4 nitrogen and oxygen atoms in total. The fourth-order valence-corrected chi connectivity index (χ4v) is 3.76. The van der Waals surface area contributed by atoms with Crippen LogP contribution in [-0.2, 0) is 13.5 Å². The molecule has 1 saturated carbocycles. The molecular weight excluding hydrogens is 236 g/mol. The van der Waals surface area contributed by atoms with Crippen molar-refractivity contribution in [3.8, 4) is 0 Å². The van der Waals surface area contributed by atoms with E-state index >= 15 is 0 Å². The van der Waals surface area contributed by atoms with Crippen molar-refractivity contribution in [1.82, 2.24) is 15.1 Å². The summed E-state index contributed by atoms with van der Waals surface area (Å²) in [4.78, 5) is 2.56. The van der Waals surface area contributed by atoms with Crippen LogP contribution < -0.4 is 10.2 Å². The first kappa shape index (κ1) is 13.0. The van der Waals surface area contributed by atoms with E-state index < -0.39 is 0 Å². The topological polar surface area (TPSA) is 33.1 Å². The molecule has 2 fully saturated rings. The Morgan fingerprint density at radius 1 is 1.32 bits per heavy atom. The first-order chi connectivity index (χ1) is 9.22. The average molecular weight is 262 g/mol. The third-order valence-electron chi connectivity index (χ3n) is 4.74. The van der Waals surface area contributed by atoms with Gasteiger partial charge in [0.1, 0.15) is 0 Å². The van der Waals surface area contributed by atoms with Crippen molar-refractivity contribution in [1.29, 1.82) is 0 Å². The Balaban J connectivity index is 1.80. The number of nitrogens with one attached hydrogen (secondary N) is 1. The van der Waals surface area contributed by atoms with Crippen LogP contribution in [0.4, 0.5) is 5.69 Å². The van der Waals surface area contributed by atoms with Gasteiger partial charge in [-0.3, -0.25) is 4.68 Å². The number of anilines is 1. The summed E-state index contributed by atoms with van der Waals surface area (Å²) in [6.45, 7) is 5.58. The summed E-state index contributed by atoms with van der Waals surface area (Å²) in [6, 6.07) is 0. The monoisotopic (exact) mass is 262 g/mol. The van der Waals surface area contributed by atoms with E-state index in [4.69, 9.17) is 0 Å². The predicted octanol–water partition coefficient (Wildman–Crippen LogP) is 2.09. The molecule has 2 aliphatic rings. The van der Waals surface area contributed by atoms with Gasteiger partial charge in [-0.2, -0.15) is 5.10 Å². The van der Waals surface area contributed by atoms with Crippen LogP contribution in [0.15, 0.2) is 6.20 Å². The van der Waals surface area contributed by atoms with Crippen LogP contribution >= 0.6 is 0 Å². The maximum absolute atomic E-state index is 4.59. The number of aryl methyl sites for hydroxylation is 2. The van der Waals surface area contributed by atoms with E-state index in [9.17, 15) is 0 Å². The molecule has 4 heteroatoms. The van der Waals surface area contributed by atoms with E-state index in [0.717, 1.165) is 26.1 Å². The molecule has 1 aromatic rings. The minimum Gasteiger partial charge on any atom is -0.366 e. The first-order valence-corrected chi connectivity index (χ1v) is 7.75. The molecule has 1 aliphatic heterocycles. The molecule has 0 amide bonds. The second-order valence-electron chi connectivity index (χ2n) is 6.18. The van der Waals surface area contributed by atoms with Crippen LogP contribution in [0.5, 0.6) is 0 Å². The van der Waals surface area contributed by atoms with Crippen molar-refractivity contribution in [2.24, 2.45) is 7.05 Å². The van der Waals surface area contributed by atoms with Crippen molar-refractivity contribution in [3.05, 3.63) is 11.9 Å². The average Bonchev–Trinajstić information content (AvgIpc) is 2.81. The molecule has 1 aliphatic carbocycles. The van der Waals surface area contributed by atoms with Crippen LogP contribution in [-0.4, -0.2) is 35.0 Å². The highest BCUT2D eigenvalue weighted by Crippen LogP contribution is 2.33. The highest BCUT2D eigenvalue weighted by Gasteiger charge is 2.36. The fourth-order valence-electron chi connectivity index (χ4n) is 3.76. The quantitative estimate of drug-likeness (QED) is 0.886. The summed E-state index contributed by atoms with van der Waals surface area (Å²) >= 11 is 0. The van der Waals surface area contributed by atoms with Gasteiger partial charge in [0.05, 0.1) is 11.4 Å². The lowest BCUT2D eigenvalue weighted by molar-refractivity contribution is 0.216. The number of aromatic nitrogens is 2. The Morgan fingerprint density at radius 3 is 2.84 bits per heavy atom. The third kappa shape index (κ3) is 2.50. The summed E-state index contributed by atoms with van der Waals surface area (Å²) in [5, 5.41) is 8.40. The summed E-state index contributed by atoms with van der Waals surface area (Å²) in [5.41, 5.74) is 2.98. The van der Waals surface area contributed by atoms with E-state index in [1.165, 1.54) is 43.5 Å². The summed E-state index contributed by atoms with van der Waals surface area (Å²) in [6.07, 6.45) is 10.1. The number of nitrogens with zero attached hydrogens (tertiary/aromatic N) is 3. The van der Waals surface area contributed by atoms with Crippen LogP contribution in [0.1, 0.15) is 44.7 Å². The van der Waals surface area contributed by atoms with E-state index in [1.54, 1.807) is 0 Å². The lowest BCUT2D eigenvalue weighted by atomic mass is 9.80. The van der Waals surface area contributed by atoms with Crippen molar-refractivity contribution >= 4 is 5.69 Å². The highest BCUT2D eigenvalue weighted by atomic mass is 15.3. The molecule has 1 N–H and O–H groups in total. The number of rotatable bonds is 2. The second-order valence-corrected chi connectivity index (χ2v) is 6.18. The van der Waals surface area contributed by atoms with Crippen molar-refractivity contribution in [3.63, 3.8) is 0 Å². The molecule has 106 valence electrons. The minimum atomic E-state index is 0.372. The van der Waals surface area contributed by atoms with Gasteiger partial charge in [0.15, 0.2) is 0 Å². The van der Waals surface area contributed by atoms with Gasteiger partial charge in [-0.1, -0.05) is 26.2 Å². The molecule has 0 bridgehead atoms. The SMILES string of the molecule is CCc1nn(C)cc1N1CCNC2(CCCCC2)C1. The van der Waals surface area contributed by atoms with E-state index in [0.29, 0.717) is 5.54 Å². The van der Waals surface area contributed by atoms with Crippen molar-refractivity contribution < 1.29 is 0 Å². The maximum Gasteiger partial charge on any atom is 0.0855 e. The number of hydrogen-bond donors (Lipinski definition) is 1. The largest absolute Gasteiger partial charge is 0.366 e. The summed E-state index contributed by atoms with van der Waals surface area (Å²) in [7, 11) is 2.03. The third-order valence-corrected chi connectivity index (χ3v) is 4.74. The van der Waals surface area contributed by atoms with Gasteiger partial charge in [0.2, 0.25) is 0 Å². The van der Waals surface area contributed by atoms with E-state index in [1.807, 2.05) is 11.7 Å². The van der Waals surface area contributed by atoms with Gasteiger partial charge < -0.3 is 10.2 Å². The minimum absolute atomic E-state index is 0.372. The Bertz CT molecular complexity index is 426. The molecule has 2 heterocycles. The van der Waals surface area contributed by atoms with Gasteiger partial charge in [-0.15, -0.1) is 0 Å². The molecule has 0 radical (unpaired) electrons. The van der Waals surface area contributed by atoms with Crippen LogP contribution in [0.2, 0.25) is 0 Å². The van der Waals surface area contributed by atoms with Gasteiger partial charge in [0, 0.05) is 38.4 Å².